The molecule has 3 atom stereocenters. The van der Waals surface area contributed by atoms with Gasteiger partial charge in [0.15, 0.2) is 0 Å². The van der Waals surface area contributed by atoms with Crippen LogP contribution in [0.15, 0.2) is 24.3 Å². The molecule has 3 aliphatic heterocycles. The van der Waals surface area contributed by atoms with Crippen molar-refractivity contribution in [3.63, 3.8) is 0 Å². The molecule has 6 heteroatoms. The molecule has 3 heterocycles. The van der Waals surface area contributed by atoms with Gasteiger partial charge in [-0.2, -0.15) is 0 Å². The van der Waals surface area contributed by atoms with Crippen LogP contribution in [0.3, 0.4) is 0 Å². The second-order valence-corrected chi connectivity index (χ2v) is 8.76. The van der Waals surface area contributed by atoms with Gasteiger partial charge >= 0.3 is 0 Å². The first-order valence-corrected chi connectivity index (χ1v) is 10.7. The van der Waals surface area contributed by atoms with Gasteiger partial charge in [-0.25, -0.2) is 0 Å². The maximum atomic E-state index is 13.5. The highest BCUT2D eigenvalue weighted by Crippen LogP contribution is 2.55. The number of ether oxygens (including phenoxy) is 1. The van der Waals surface area contributed by atoms with Crippen molar-refractivity contribution in [1.82, 2.24) is 10.2 Å². The van der Waals surface area contributed by atoms with Crippen molar-refractivity contribution in [1.29, 1.82) is 0 Å². The van der Waals surface area contributed by atoms with E-state index >= 15 is 0 Å². The lowest BCUT2D eigenvalue weighted by Crippen LogP contribution is -2.55. The summed E-state index contributed by atoms with van der Waals surface area (Å²) < 4.78 is 5.45. The van der Waals surface area contributed by atoms with Gasteiger partial charge in [-0.05, 0) is 57.6 Å². The minimum atomic E-state index is -0.842. The van der Waals surface area contributed by atoms with Gasteiger partial charge in [0, 0.05) is 30.4 Å². The molecule has 1 saturated carbocycles. The average molecular weight is 383 g/mol. The number of rotatable bonds is 3. The van der Waals surface area contributed by atoms with Crippen molar-refractivity contribution in [2.45, 2.75) is 68.7 Å². The summed E-state index contributed by atoms with van der Waals surface area (Å²) in [6.07, 6.45) is 7.09. The zero-order valence-corrected chi connectivity index (χ0v) is 16.4. The lowest BCUT2D eigenvalue weighted by molar-refractivity contribution is -0.138. The van der Waals surface area contributed by atoms with Crippen LogP contribution in [0.5, 0.6) is 0 Å². The Morgan fingerprint density at radius 3 is 2.79 bits per heavy atom. The van der Waals surface area contributed by atoms with Crippen LogP contribution in [0.1, 0.15) is 50.5 Å². The number of hydrogen-bond donors (Lipinski definition) is 2. The SMILES string of the molecule is COC1CCC(NC(=O)[C@@H]2C[C@H]3CCCN3[C@]23C(=O)Nc2ccccc23)CC1. The fourth-order valence-electron chi connectivity index (χ4n) is 6.12. The Labute approximate surface area is 166 Å². The molecule has 2 saturated heterocycles. The van der Waals surface area contributed by atoms with Crippen LogP contribution < -0.4 is 10.6 Å². The quantitative estimate of drug-likeness (QED) is 0.841. The van der Waals surface area contributed by atoms with E-state index in [9.17, 15) is 9.59 Å². The predicted molar refractivity (Wildman–Crippen MR) is 106 cm³/mol. The second kappa shape index (κ2) is 6.85. The molecule has 150 valence electrons. The zero-order chi connectivity index (χ0) is 19.3. The van der Waals surface area contributed by atoms with Crippen molar-refractivity contribution in [2.24, 2.45) is 5.92 Å². The molecule has 0 unspecified atom stereocenters. The summed E-state index contributed by atoms with van der Waals surface area (Å²) in [5, 5.41) is 6.36. The Kier molecular flexibility index (Phi) is 4.43. The predicted octanol–water partition coefficient (Wildman–Crippen LogP) is 2.39. The normalized spacial score (nSPS) is 37.0. The molecule has 6 nitrogen and oxygen atoms in total. The van der Waals surface area contributed by atoms with Crippen LogP contribution in [-0.2, 0) is 19.9 Å². The third-order valence-corrected chi connectivity index (χ3v) is 7.44. The summed E-state index contributed by atoms with van der Waals surface area (Å²) in [5.74, 6) is -0.315. The smallest absolute Gasteiger partial charge is 0.250 e. The summed E-state index contributed by atoms with van der Waals surface area (Å²) in [5.41, 5.74) is 0.997. The Bertz CT molecular complexity index is 789. The summed E-state index contributed by atoms with van der Waals surface area (Å²) in [4.78, 5) is 29.1. The van der Waals surface area contributed by atoms with Crippen molar-refractivity contribution in [3.8, 4) is 0 Å². The van der Waals surface area contributed by atoms with Crippen LogP contribution in [0.4, 0.5) is 5.69 Å². The maximum Gasteiger partial charge on any atom is 0.250 e. The van der Waals surface area contributed by atoms with E-state index in [1.807, 2.05) is 24.3 Å². The average Bonchev–Trinajstić information content (AvgIpc) is 3.37. The molecule has 28 heavy (non-hydrogen) atoms. The number of methoxy groups -OCH3 is 1. The zero-order valence-electron chi connectivity index (χ0n) is 16.4. The van der Waals surface area contributed by atoms with Crippen LogP contribution in [0.25, 0.3) is 0 Å². The number of para-hydroxylation sites is 1. The van der Waals surface area contributed by atoms with Gasteiger partial charge in [0.25, 0.3) is 0 Å². The number of carbonyl (C=O) groups excluding carboxylic acids is 2. The van der Waals surface area contributed by atoms with Crippen molar-refractivity contribution in [3.05, 3.63) is 29.8 Å². The first-order valence-electron chi connectivity index (χ1n) is 10.7. The Morgan fingerprint density at radius 1 is 1.21 bits per heavy atom. The van der Waals surface area contributed by atoms with Gasteiger partial charge in [-0.3, -0.25) is 14.5 Å². The Morgan fingerprint density at radius 2 is 2.00 bits per heavy atom. The lowest BCUT2D eigenvalue weighted by Gasteiger charge is -2.37. The first kappa shape index (κ1) is 18.1. The molecule has 1 aromatic carbocycles. The fourth-order valence-corrected chi connectivity index (χ4v) is 6.12. The van der Waals surface area contributed by atoms with E-state index in [1.54, 1.807) is 7.11 Å². The Hall–Kier alpha value is -1.92. The molecular formula is C22H29N3O3. The van der Waals surface area contributed by atoms with E-state index in [2.05, 4.69) is 15.5 Å². The van der Waals surface area contributed by atoms with E-state index < -0.39 is 5.54 Å². The topological polar surface area (TPSA) is 70.7 Å². The second-order valence-electron chi connectivity index (χ2n) is 8.76. The summed E-state index contributed by atoms with van der Waals surface area (Å²) in [7, 11) is 1.76. The molecule has 5 rings (SSSR count). The summed E-state index contributed by atoms with van der Waals surface area (Å²) >= 11 is 0. The molecule has 2 amide bonds. The monoisotopic (exact) mass is 383 g/mol. The minimum absolute atomic E-state index is 0.0265. The molecule has 0 bridgehead atoms. The summed E-state index contributed by atoms with van der Waals surface area (Å²) in [6, 6.07) is 8.40. The molecular weight excluding hydrogens is 354 g/mol. The molecule has 0 aromatic heterocycles. The molecule has 4 aliphatic rings. The van der Waals surface area contributed by atoms with Crippen LogP contribution in [0, 0.1) is 5.92 Å². The van der Waals surface area contributed by atoms with Crippen molar-refractivity contribution >= 4 is 17.5 Å². The van der Waals surface area contributed by atoms with Crippen LogP contribution >= 0.6 is 0 Å². The highest BCUT2D eigenvalue weighted by atomic mass is 16.5. The number of nitrogens with one attached hydrogen (secondary N) is 2. The molecule has 1 aromatic rings. The minimum Gasteiger partial charge on any atom is -0.381 e. The third kappa shape index (κ3) is 2.54. The number of anilines is 1. The molecule has 0 radical (unpaired) electrons. The third-order valence-electron chi connectivity index (χ3n) is 7.44. The Balaban J connectivity index is 1.44. The van der Waals surface area contributed by atoms with Crippen LogP contribution in [-0.4, -0.2) is 48.6 Å². The van der Waals surface area contributed by atoms with Gasteiger partial charge in [0.05, 0.1) is 12.0 Å². The lowest BCUT2D eigenvalue weighted by atomic mass is 9.78. The number of fused-ring (bicyclic) bond motifs is 4. The number of nitrogens with zero attached hydrogens (tertiary/aromatic N) is 1. The maximum absolute atomic E-state index is 13.5. The van der Waals surface area contributed by atoms with Gasteiger partial charge in [-0.15, -0.1) is 0 Å². The fraction of sp³-hybridized carbons (Fsp3) is 0.636. The van der Waals surface area contributed by atoms with Crippen molar-refractivity contribution in [2.75, 3.05) is 19.0 Å². The van der Waals surface area contributed by atoms with E-state index in [4.69, 9.17) is 4.74 Å². The number of carbonyl (C=O) groups is 2. The van der Waals surface area contributed by atoms with E-state index in [0.29, 0.717) is 12.1 Å². The highest BCUT2D eigenvalue weighted by Gasteiger charge is 2.65. The van der Waals surface area contributed by atoms with E-state index in [0.717, 1.165) is 62.7 Å². The van der Waals surface area contributed by atoms with Crippen molar-refractivity contribution < 1.29 is 14.3 Å². The van der Waals surface area contributed by atoms with Gasteiger partial charge in [-0.1, -0.05) is 18.2 Å². The van der Waals surface area contributed by atoms with E-state index in [-0.39, 0.29) is 23.8 Å². The molecule has 3 fully saturated rings. The number of hydrogen-bond acceptors (Lipinski definition) is 4. The summed E-state index contributed by atoms with van der Waals surface area (Å²) in [6.45, 7) is 0.884. The standard InChI is InChI=1S/C22H29N3O3/c1-28-16-10-8-14(9-11-16)23-20(26)18-13-15-5-4-12-25(15)22(18)17-6-2-3-7-19(17)24-21(22)27/h2-3,6-7,14-16,18H,4-5,8-13H2,1H3,(H,23,26)(H,24,27)/t14?,15-,16?,18+,22+/m1/s1. The number of amides is 2. The van der Waals surface area contributed by atoms with Gasteiger partial charge in [0.1, 0.15) is 5.54 Å². The number of benzene rings is 1. The largest absolute Gasteiger partial charge is 0.381 e. The molecule has 2 N–H and O–H groups in total. The molecule has 1 spiro atoms. The van der Waals surface area contributed by atoms with Crippen LogP contribution in [0.2, 0.25) is 0 Å². The molecule has 1 aliphatic carbocycles. The highest BCUT2D eigenvalue weighted by molar-refractivity contribution is 6.09. The first-order chi connectivity index (χ1) is 13.6. The van der Waals surface area contributed by atoms with Gasteiger partial charge < -0.3 is 15.4 Å². The van der Waals surface area contributed by atoms with Gasteiger partial charge in [0.2, 0.25) is 11.8 Å². The van der Waals surface area contributed by atoms with E-state index in [1.165, 1.54) is 0 Å².